The molecule has 0 fully saturated rings. The third-order valence-electron chi connectivity index (χ3n) is 2.99. The molecule has 0 spiro atoms. The van der Waals surface area contributed by atoms with Crippen molar-refractivity contribution in [1.29, 1.82) is 0 Å². The molecule has 110 valence electrons. The topological polar surface area (TPSA) is 38.3 Å². The number of hydrogen-bond acceptors (Lipinski definition) is 2. The van der Waals surface area contributed by atoms with Crippen LogP contribution in [0.25, 0.3) is 0 Å². The van der Waals surface area contributed by atoms with Gasteiger partial charge in [0, 0.05) is 0 Å². The van der Waals surface area contributed by atoms with Crippen molar-refractivity contribution in [3.8, 4) is 0 Å². The summed E-state index contributed by atoms with van der Waals surface area (Å²) in [5.74, 6) is -0.336. The van der Waals surface area contributed by atoms with Crippen molar-refractivity contribution in [3.05, 3.63) is 69.9 Å². The smallest absolute Gasteiger partial charge is 0.407 e. The Balaban J connectivity index is 1.88. The van der Waals surface area contributed by atoms with Crippen molar-refractivity contribution < 1.29 is 13.9 Å². The van der Waals surface area contributed by atoms with Crippen LogP contribution >= 0.6 is 15.9 Å². The molecule has 0 aromatic heterocycles. The first kappa shape index (κ1) is 15.5. The summed E-state index contributed by atoms with van der Waals surface area (Å²) in [6.07, 6.45) is -0.508. The van der Waals surface area contributed by atoms with E-state index in [0.717, 1.165) is 11.1 Å². The molecule has 5 heteroatoms. The third-order valence-corrected chi connectivity index (χ3v) is 3.60. The third kappa shape index (κ3) is 4.56. The Morgan fingerprint density at radius 3 is 2.67 bits per heavy atom. The van der Waals surface area contributed by atoms with Crippen molar-refractivity contribution in [2.45, 2.75) is 19.6 Å². The molecule has 0 saturated carbocycles. The lowest BCUT2D eigenvalue weighted by Gasteiger charge is -2.15. The Morgan fingerprint density at radius 1 is 1.29 bits per heavy atom. The predicted molar refractivity (Wildman–Crippen MR) is 82.3 cm³/mol. The Kier molecular flexibility index (Phi) is 5.33. The number of carbonyl (C=O) groups is 1. The molecule has 0 aliphatic heterocycles. The molecule has 0 bridgehead atoms. The Morgan fingerprint density at radius 2 is 2.00 bits per heavy atom. The van der Waals surface area contributed by atoms with E-state index in [-0.39, 0.29) is 18.5 Å². The Hall–Kier alpha value is -1.88. The van der Waals surface area contributed by atoms with Gasteiger partial charge in [0.05, 0.1) is 10.5 Å². The van der Waals surface area contributed by atoms with Gasteiger partial charge in [-0.25, -0.2) is 9.18 Å². The summed E-state index contributed by atoms with van der Waals surface area (Å²) < 4.78 is 18.7. The highest BCUT2D eigenvalue weighted by atomic mass is 79.9. The molecule has 0 aliphatic carbocycles. The lowest BCUT2D eigenvalue weighted by Crippen LogP contribution is -2.27. The summed E-state index contributed by atoms with van der Waals surface area (Å²) in [7, 11) is 0. The maximum Gasteiger partial charge on any atom is 0.407 e. The summed E-state index contributed by atoms with van der Waals surface area (Å²) in [6.45, 7) is 2.02. The van der Waals surface area contributed by atoms with Gasteiger partial charge >= 0.3 is 6.09 Å². The molecule has 2 aromatic carbocycles. The van der Waals surface area contributed by atoms with E-state index >= 15 is 0 Å². The minimum atomic E-state index is -0.508. The molecule has 0 unspecified atom stereocenters. The SMILES string of the molecule is C[C@@H](NC(=O)OCc1ccccc1)c1ccc(F)c(Br)c1. The molecular weight excluding hydrogens is 337 g/mol. The maximum absolute atomic E-state index is 13.2. The second kappa shape index (κ2) is 7.22. The zero-order chi connectivity index (χ0) is 15.2. The van der Waals surface area contributed by atoms with Crippen LogP contribution < -0.4 is 5.32 Å². The average Bonchev–Trinajstić information content (AvgIpc) is 2.49. The summed E-state index contributed by atoms with van der Waals surface area (Å²) >= 11 is 3.12. The van der Waals surface area contributed by atoms with Crippen molar-refractivity contribution in [2.24, 2.45) is 0 Å². The number of alkyl carbamates (subject to hydrolysis) is 1. The molecule has 1 atom stereocenters. The first-order valence-electron chi connectivity index (χ1n) is 6.48. The molecule has 2 aromatic rings. The summed E-state index contributed by atoms with van der Waals surface area (Å²) in [6, 6.07) is 13.8. The number of amides is 1. The van der Waals surface area contributed by atoms with Gasteiger partial charge in [0.1, 0.15) is 12.4 Å². The number of carbonyl (C=O) groups excluding carboxylic acids is 1. The van der Waals surface area contributed by atoms with Crippen LogP contribution in [0.3, 0.4) is 0 Å². The van der Waals surface area contributed by atoms with E-state index in [1.165, 1.54) is 6.07 Å². The number of ether oxygens (including phenoxy) is 1. The van der Waals surface area contributed by atoms with Gasteiger partial charge in [0.2, 0.25) is 0 Å². The van der Waals surface area contributed by atoms with Crippen LogP contribution in [0, 0.1) is 5.82 Å². The van der Waals surface area contributed by atoms with Crippen LogP contribution in [0.1, 0.15) is 24.1 Å². The number of nitrogens with one attached hydrogen (secondary N) is 1. The van der Waals surface area contributed by atoms with Crippen LogP contribution in [-0.2, 0) is 11.3 Å². The normalized spacial score (nSPS) is 11.8. The van der Waals surface area contributed by atoms with Gasteiger partial charge in [-0.15, -0.1) is 0 Å². The highest BCUT2D eigenvalue weighted by Gasteiger charge is 2.12. The number of rotatable bonds is 4. The summed E-state index contributed by atoms with van der Waals surface area (Å²) in [5, 5.41) is 2.71. The van der Waals surface area contributed by atoms with Gasteiger partial charge in [0.15, 0.2) is 0 Å². The van der Waals surface area contributed by atoms with Crippen LogP contribution in [0.5, 0.6) is 0 Å². The number of hydrogen-bond donors (Lipinski definition) is 1. The van der Waals surface area contributed by atoms with Crippen LogP contribution in [0.2, 0.25) is 0 Å². The van der Waals surface area contributed by atoms with E-state index < -0.39 is 6.09 Å². The van der Waals surface area contributed by atoms with E-state index in [9.17, 15) is 9.18 Å². The summed E-state index contributed by atoms with van der Waals surface area (Å²) in [4.78, 5) is 11.7. The van der Waals surface area contributed by atoms with Crippen molar-refractivity contribution >= 4 is 22.0 Å². The van der Waals surface area contributed by atoms with Gasteiger partial charge in [0.25, 0.3) is 0 Å². The molecule has 1 amide bonds. The van der Waals surface area contributed by atoms with E-state index in [2.05, 4.69) is 21.2 Å². The molecule has 2 rings (SSSR count). The average molecular weight is 352 g/mol. The molecule has 3 nitrogen and oxygen atoms in total. The second-order valence-electron chi connectivity index (χ2n) is 4.60. The lowest BCUT2D eigenvalue weighted by molar-refractivity contribution is 0.136. The van der Waals surface area contributed by atoms with Crippen molar-refractivity contribution in [1.82, 2.24) is 5.32 Å². The predicted octanol–water partition coefficient (Wildman–Crippen LogP) is 4.58. The van der Waals surface area contributed by atoms with Crippen molar-refractivity contribution in [2.75, 3.05) is 0 Å². The van der Waals surface area contributed by atoms with Gasteiger partial charge in [-0.2, -0.15) is 0 Å². The van der Waals surface area contributed by atoms with Crippen LogP contribution in [0.4, 0.5) is 9.18 Å². The van der Waals surface area contributed by atoms with Crippen LogP contribution in [0.15, 0.2) is 53.0 Å². The van der Waals surface area contributed by atoms with Crippen LogP contribution in [-0.4, -0.2) is 6.09 Å². The number of benzene rings is 2. The molecule has 1 N–H and O–H groups in total. The van der Waals surface area contributed by atoms with Gasteiger partial charge < -0.3 is 10.1 Å². The minimum Gasteiger partial charge on any atom is -0.445 e. The van der Waals surface area contributed by atoms with Gasteiger partial charge in [-0.05, 0) is 46.1 Å². The standard InChI is InChI=1S/C16H15BrFNO2/c1-11(13-7-8-15(18)14(17)9-13)19-16(20)21-10-12-5-3-2-4-6-12/h2-9,11H,10H2,1H3,(H,19,20)/t11-/m1/s1. The van der Waals surface area contributed by atoms with E-state index in [1.807, 2.05) is 37.3 Å². The second-order valence-corrected chi connectivity index (χ2v) is 5.46. The number of halogens is 2. The fourth-order valence-corrected chi connectivity index (χ4v) is 2.20. The van der Waals surface area contributed by atoms with Crippen molar-refractivity contribution in [3.63, 3.8) is 0 Å². The first-order chi connectivity index (χ1) is 10.1. The minimum absolute atomic E-state index is 0.215. The molecule has 0 heterocycles. The van der Waals surface area contributed by atoms with Gasteiger partial charge in [-0.1, -0.05) is 36.4 Å². The fourth-order valence-electron chi connectivity index (χ4n) is 1.81. The highest BCUT2D eigenvalue weighted by molar-refractivity contribution is 9.10. The fraction of sp³-hybridized carbons (Fsp3) is 0.188. The van der Waals surface area contributed by atoms with E-state index in [0.29, 0.717) is 4.47 Å². The summed E-state index contributed by atoms with van der Waals surface area (Å²) in [5.41, 5.74) is 1.71. The largest absolute Gasteiger partial charge is 0.445 e. The molecule has 21 heavy (non-hydrogen) atoms. The quantitative estimate of drug-likeness (QED) is 0.875. The Labute approximate surface area is 131 Å². The molecule has 0 aliphatic rings. The molecule has 0 radical (unpaired) electrons. The maximum atomic E-state index is 13.2. The molecular formula is C16H15BrFNO2. The first-order valence-corrected chi connectivity index (χ1v) is 7.27. The Bertz CT molecular complexity index is 619. The monoisotopic (exact) mass is 351 g/mol. The van der Waals surface area contributed by atoms with Gasteiger partial charge in [-0.3, -0.25) is 0 Å². The van der Waals surface area contributed by atoms with E-state index in [1.54, 1.807) is 12.1 Å². The lowest BCUT2D eigenvalue weighted by atomic mass is 10.1. The highest BCUT2D eigenvalue weighted by Crippen LogP contribution is 2.21. The zero-order valence-corrected chi connectivity index (χ0v) is 13.1. The zero-order valence-electron chi connectivity index (χ0n) is 11.5. The van der Waals surface area contributed by atoms with E-state index in [4.69, 9.17) is 4.74 Å². The molecule has 0 saturated heterocycles.